The van der Waals surface area contributed by atoms with Crippen molar-refractivity contribution in [3.8, 4) is 0 Å². The fraction of sp³-hybridized carbons (Fsp3) is 0.857. The van der Waals surface area contributed by atoms with Crippen molar-refractivity contribution >= 4 is 35.0 Å². The fourth-order valence-corrected chi connectivity index (χ4v) is 5.36. The topological polar surface area (TPSA) is 64.7 Å². The van der Waals surface area contributed by atoms with Crippen molar-refractivity contribution in [2.24, 2.45) is 11.8 Å². The molecule has 122 valence electrons. The summed E-state index contributed by atoms with van der Waals surface area (Å²) < 4.78 is 0. The van der Waals surface area contributed by atoms with E-state index in [9.17, 15) is 9.59 Å². The normalized spacial score (nSPS) is 41.4. The van der Waals surface area contributed by atoms with Gasteiger partial charge in [0.05, 0.1) is 12.1 Å². The zero-order valence-electron chi connectivity index (χ0n) is 12.2. The van der Waals surface area contributed by atoms with Crippen molar-refractivity contribution in [3.63, 3.8) is 0 Å². The minimum Gasteiger partial charge on any atom is -0.274 e. The predicted octanol–water partition coefficient (Wildman–Crippen LogP) is 0.452. The third-order valence-electron chi connectivity index (χ3n) is 5.68. The molecule has 8 heteroatoms. The molecule has 4 aliphatic rings. The molecule has 2 heterocycles. The van der Waals surface area contributed by atoms with E-state index in [1.807, 2.05) is 10.0 Å². The summed E-state index contributed by atoms with van der Waals surface area (Å²) in [6.07, 6.45) is 2.54. The number of rotatable bonds is 4. The Balaban J connectivity index is 1.51. The molecule has 0 spiro atoms. The highest BCUT2D eigenvalue weighted by Gasteiger charge is 2.66. The van der Waals surface area contributed by atoms with Crippen LogP contribution in [0.4, 0.5) is 0 Å². The van der Waals surface area contributed by atoms with Crippen molar-refractivity contribution in [3.05, 3.63) is 0 Å². The average Bonchev–Trinajstić information content (AvgIpc) is 3.17. The molecule has 6 atom stereocenters. The highest BCUT2D eigenvalue weighted by Crippen LogP contribution is 2.53. The van der Waals surface area contributed by atoms with Gasteiger partial charge in [-0.3, -0.25) is 19.6 Å². The van der Waals surface area contributed by atoms with Gasteiger partial charge in [0.15, 0.2) is 0 Å². The maximum atomic E-state index is 12.2. The number of nitrogens with one attached hydrogen (secondary N) is 2. The molecule has 2 saturated carbocycles. The Morgan fingerprint density at radius 3 is 1.64 bits per heavy atom. The second kappa shape index (κ2) is 5.51. The summed E-state index contributed by atoms with van der Waals surface area (Å²) >= 11 is 11.4. The molecule has 0 bridgehead atoms. The summed E-state index contributed by atoms with van der Waals surface area (Å²) in [5.41, 5.74) is 6.76. The van der Waals surface area contributed by atoms with Crippen LogP contribution in [0.2, 0.25) is 0 Å². The van der Waals surface area contributed by atoms with Gasteiger partial charge in [0, 0.05) is 48.5 Å². The minimum atomic E-state index is 0.0843. The molecule has 2 aliphatic carbocycles. The van der Waals surface area contributed by atoms with Crippen LogP contribution in [0.25, 0.3) is 0 Å². The fourth-order valence-electron chi connectivity index (χ4n) is 5.03. The monoisotopic (exact) mass is 346 g/mol. The Morgan fingerprint density at radius 2 is 1.27 bits per heavy atom. The molecule has 0 aromatic carbocycles. The highest BCUT2D eigenvalue weighted by atomic mass is 35.5. The van der Waals surface area contributed by atoms with Crippen molar-refractivity contribution in [2.45, 2.75) is 49.9 Å². The van der Waals surface area contributed by atoms with Gasteiger partial charge in [-0.2, -0.15) is 0 Å². The summed E-state index contributed by atoms with van der Waals surface area (Å²) in [5.74, 6) is 1.76. The van der Waals surface area contributed by atoms with Crippen LogP contribution in [-0.2, 0) is 9.59 Å². The van der Waals surface area contributed by atoms with Gasteiger partial charge in [0.25, 0.3) is 0 Å². The number of alkyl halides is 2. The van der Waals surface area contributed by atoms with E-state index in [1.165, 1.54) is 0 Å². The van der Waals surface area contributed by atoms with Crippen LogP contribution in [0.1, 0.15) is 25.7 Å². The van der Waals surface area contributed by atoms with Gasteiger partial charge >= 0.3 is 0 Å². The molecule has 0 aromatic rings. The molecule has 22 heavy (non-hydrogen) atoms. The lowest BCUT2D eigenvalue weighted by Gasteiger charge is -2.29. The number of carbonyl (C=O) groups is 2. The summed E-state index contributed by atoms with van der Waals surface area (Å²) in [7, 11) is 0. The first kappa shape index (κ1) is 15.0. The Labute approximate surface area is 139 Å². The summed E-state index contributed by atoms with van der Waals surface area (Å²) in [6.45, 7) is 0. The zero-order valence-corrected chi connectivity index (χ0v) is 13.7. The second-order valence-electron chi connectivity index (χ2n) is 6.64. The van der Waals surface area contributed by atoms with E-state index in [2.05, 4.69) is 10.9 Å². The first-order chi connectivity index (χ1) is 10.7. The van der Waals surface area contributed by atoms with Gasteiger partial charge in [-0.25, -0.2) is 10.9 Å². The Bertz CT molecular complexity index is 461. The number of hydrazine groups is 2. The van der Waals surface area contributed by atoms with Crippen LogP contribution in [0, 0.1) is 11.8 Å². The summed E-state index contributed by atoms with van der Waals surface area (Å²) in [6, 6.07) is 1.05. The number of halogens is 2. The number of hydrogen-bond acceptors (Lipinski definition) is 4. The number of nitrogens with zero attached hydrogens (tertiary/aromatic N) is 2. The molecule has 0 aromatic heterocycles. The van der Waals surface area contributed by atoms with E-state index in [1.54, 1.807) is 0 Å². The smallest absolute Gasteiger partial charge is 0.238 e. The van der Waals surface area contributed by atoms with Gasteiger partial charge in [-0.05, 0) is 12.8 Å². The Morgan fingerprint density at radius 1 is 0.864 bits per heavy atom. The van der Waals surface area contributed by atoms with Crippen LogP contribution in [0.15, 0.2) is 0 Å². The standard InChI is InChI=1S/C14H20Cl2N4O2/c15-3-1-11(21)19-9-5-8-14-10(6-7(17-19)13(9)14)20(18-8)12(22)2-4-16/h7-10,13-14,17-18H,1-6H2/t7-,8-,9+,10+,13+,14+/m0/s1. The van der Waals surface area contributed by atoms with Gasteiger partial charge in [0.1, 0.15) is 0 Å². The van der Waals surface area contributed by atoms with Crippen LogP contribution in [0.5, 0.6) is 0 Å². The van der Waals surface area contributed by atoms with Crippen LogP contribution < -0.4 is 10.9 Å². The lowest BCUT2D eigenvalue weighted by Crippen LogP contribution is -2.50. The summed E-state index contributed by atoms with van der Waals surface area (Å²) in [5, 5.41) is 3.64. The third-order valence-corrected chi connectivity index (χ3v) is 6.06. The molecule has 4 fully saturated rings. The third kappa shape index (κ3) is 2.00. The Hall–Kier alpha value is -0.560. The number of amides is 2. The van der Waals surface area contributed by atoms with Crippen molar-refractivity contribution < 1.29 is 9.59 Å². The molecular weight excluding hydrogens is 327 g/mol. The molecular formula is C14H20Cl2N4O2. The molecule has 0 radical (unpaired) electrons. The zero-order chi connectivity index (χ0) is 15.4. The van der Waals surface area contributed by atoms with E-state index >= 15 is 0 Å². The van der Waals surface area contributed by atoms with Crippen LogP contribution in [-0.4, -0.2) is 57.8 Å². The first-order valence-electron chi connectivity index (χ1n) is 7.94. The van der Waals surface area contributed by atoms with Gasteiger partial charge in [-0.15, -0.1) is 23.2 Å². The van der Waals surface area contributed by atoms with Crippen LogP contribution in [0.3, 0.4) is 0 Å². The SMILES string of the molecule is O=C(CCCl)N1N[C@H]2C[C@@H]3[C@@H]4[C@H]2[C@H]1C[C@@H]4NN3C(=O)CCCl. The van der Waals surface area contributed by atoms with Gasteiger partial charge in [-0.1, -0.05) is 0 Å². The predicted molar refractivity (Wildman–Crippen MR) is 82.0 cm³/mol. The minimum absolute atomic E-state index is 0.0843. The van der Waals surface area contributed by atoms with Crippen molar-refractivity contribution in [1.29, 1.82) is 0 Å². The molecule has 2 N–H and O–H groups in total. The highest BCUT2D eigenvalue weighted by molar-refractivity contribution is 6.19. The first-order valence-corrected chi connectivity index (χ1v) is 9.01. The van der Waals surface area contributed by atoms with Gasteiger partial charge in [0.2, 0.25) is 11.8 Å². The van der Waals surface area contributed by atoms with Gasteiger partial charge < -0.3 is 0 Å². The maximum Gasteiger partial charge on any atom is 0.238 e. The molecule has 4 rings (SSSR count). The molecule has 2 aliphatic heterocycles. The van der Waals surface area contributed by atoms with E-state index in [0.29, 0.717) is 36.4 Å². The van der Waals surface area contributed by atoms with E-state index in [-0.39, 0.29) is 36.0 Å². The maximum absolute atomic E-state index is 12.2. The Kier molecular flexibility index (Phi) is 3.76. The second-order valence-corrected chi connectivity index (χ2v) is 7.39. The van der Waals surface area contributed by atoms with E-state index in [4.69, 9.17) is 23.2 Å². The molecule has 2 amide bonds. The molecule has 2 saturated heterocycles. The number of hydrogen-bond donors (Lipinski definition) is 2. The number of carbonyl (C=O) groups excluding carboxylic acids is 2. The molecule has 6 nitrogen and oxygen atoms in total. The van der Waals surface area contributed by atoms with Crippen molar-refractivity contribution in [2.75, 3.05) is 11.8 Å². The van der Waals surface area contributed by atoms with Crippen LogP contribution >= 0.6 is 23.2 Å². The largest absolute Gasteiger partial charge is 0.274 e. The quantitative estimate of drug-likeness (QED) is 0.725. The van der Waals surface area contributed by atoms with E-state index < -0.39 is 0 Å². The molecule has 0 unspecified atom stereocenters. The lowest BCUT2D eigenvalue weighted by molar-refractivity contribution is -0.138. The summed E-state index contributed by atoms with van der Waals surface area (Å²) in [4.78, 5) is 24.4. The lowest BCUT2D eigenvalue weighted by atomic mass is 9.94. The average molecular weight is 347 g/mol. The van der Waals surface area contributed by atoms with Crippen molar-refractivity contribution in [1.82, 2.24) is 20.9 Å². The van der Waals surface area contributed by atoms with E-state index in [0.717, 1.165) is 12.8 Å².